The van der Waals surface area contributed by atoms with Crippen LogP contribution in [0.5, 0.6) is 0 Å². The van der Waals surface area contributed by atoms with Crippen molar-refractivity contribution in [2.75, 3.05) is 18.6 Å². The Balaban J connectivity index is 2.88. The number of anilines is 1. The van der Waals surface area contributed by atoms with Crippen LogP contribution in [0.4, 0.5) is 14.5 Å². The highest BCUT2D eigenvalue weighted by Gasteiger charge is 2.21. The Kier molecular flexibility index (Phi) is 4.14. The van der Waals surface area contributed by atoms with Gasteiger partial charge >= 0.3 is 11.9 Å². The Hall–Kier alpha value is -1.98. The summed E-state index contributed by atoms with van der Waals surface area (Å²) in [6.45, 7) is 1.62. The third-order valence-corrected chi connectivity index (χ3v) is 2.05. The molecule has 1 aromatic carbocycles. The number of nitrogens with zero attached hydrogens (tertiary/aromatic N) is 1. The number of ether oxygens (including phenoxy) is 1. The summed E-state index contributed by atoms with van der Waals surface area (Å²) in [4.78, 5) is 23.5. The van der Waals surface area contributed by atoms with Crippen LogP contribution in [-0.4, -0.2) is 25.5 Å². The van der Waals surface area contributed by atoms with Gasteiger partial charge in [0.1, 0.15) is 0 Å². The first kappa shape index (κ1) is 13.1. The summed E-state index contributed by atoms with van der Waals surface area (Å²) >= 11 is 0. The van der Waals surface area contributed by atoms with E-state index in [4.69, 9.17) is 0 Å². The number of esters is 1. The fourth-order valence-electron chi connectivity index (χ4n) is 1.14. The van der Waals surface area contributed by atoms with E-state index in [1.807, 2.05) is 0 Å². The second-order valence-corrected chi connectivity index (χ2v) is 3.18. The van der Waals surface area contributed by atoms with E-state index in [-0.39, 0.29) is 12.3 Å². The molecular weight excluding hydrogens is 232 g/mol. The van der Waals surface area contributed by atoms with E-state index in [1.54, 1.807) is 6.92 Å². The highest BCUT2D eigenvalue weighted by molar-refractivity contribution is 6.37. The molecule has 0 saturated carbocycles. The molecule has 1 aromatic rings. The molecule has 1 rings (SSSR count). The zero-order valence-corrected chi connectivity index (χ0v) is 9.37. The predicted octanol–water partition coefficient (Wildman–Crippen LogP) is 1.49. The standard InChI is InChI=1S/C11H11F2NO3/c1-3-17-11(16)10(15)14(2)7-4-5-8(12)9(13)6-7/h4-6H,3H2,1-2H3. The Morgan fingerprint density at radius 3 is 2.47 bits per heavy atom. The molecule has 0 spiro atoms. The van der Waals surface area contributed by atoms with Crippen LogP contribution < -0.4 is 4.90 Å². The molecule has 6 heteroatoms. The van der Waals surface area contributed by atoms with Gasteiger partial charge in [-0.1, -0.05) is 0 Å². The Bertz CT molecular complexity index is 448. The number of hydrogen-bond donors (Lipinski definition) is 0. The summed E-state index contributed by atoms with van der Waals surface area (Å²) in [5.74, 6) is -4.10. The summed E-state index contributed by atoms with van der Waals surface area (Å²) in [5.41, 5.74) is 0.0713. The first-order chi connectivity index (χ1) is 7.97. The van der Waals surface area contributed by atoms with Crippen LogP contribution in [-0.2, 0) is 14.3 Å². The largest absolute Gasteiger partial charge is 0.459 e. The minimum Gasteiger partial charge on any atom is -0.459 e. The smallest absolute Gasteiger partial charge is 0.397 e. The third kappa shape index (κ3) is 2.99. The minimum absolute atomic E-state index is 0.0657. The maximum Gasteiger partial charge on any atom is 0.397 e. The second kappa shape index (κ2) is 5.38. The molecule has 0 atom stereocenters. The van der Waals surface area contributed by atoms with Crippen LogP contribution in [0.2, 0.25) is 0 Å². The average molecular weight is 243 g/mol. The average Bonchev–Trinajstić information content (AvgIpc) is 2.31. The molecule has 0 aliphatic carbocycles. The second-order valence-electron chi connectivity index (χ2n) is 3.18. The molecule has 0 bridgehead atoms. The van der Waals surface area contributed by atoms with Crippen molar-refractivity contribution in [3.63, 3.8) is 0 Å². The number of rotatable bonds is 2. The van der Waals surface area contributed by atoms with Gasteiger partial charge in [-0.2, -0.15) is 0 Å². The van der Waals surface area contributed by atoms with Crippen molar-refractivity contribution >= 4 is 17.6 Å². The van der Waals surface area contributed by atoms with Gasteiger partial charge in [0.05, 0.1) is 6.61 Å². The molecule has 0 heterocycles. The van der Waals surface area contributed by atoms with E-state index in [0.717, 1.165) is 17.0 Å². The van der Waals surface area contributed by atoms with Gasteiger partial charge < -0.3 is 9.64 Å². The predicted molar refractivity (Wildman–Crippen MR) is 56.4 cm³/mol. The normalized spacial score (nSPS) is 9.88. The summed E-state index contributed by atoms with van der Waals surface area (Å²) in [5, 5.41) is 0. The van der Waals surface area contributed by atoms with E-state index in [9.17, 15) is 18.4 Å². The monoisotopic (exact) mass is 243 g/mol. The maximum atomic E-state index is 12.9. The van der Waals surface area contributed by atoms with Gasteiger partial charge in [-0.25, -0.2) is 13.6 Å². The van der Waals surface area contributed by atoms with Crippen LogP contribution in [0.25, 0.3) is 0 Å². The third-order valence-electron chi connectivity index (χ3n) is 2.05. The highest BCUT2D eigenvalue weighted by Crippen LogP contribution is 2.16. The number of carbonyl (C=O) groups is 2. The van der Waals surface area contributed by atoms with Gasteiger partial charge in [-0.3, -0.25) is 4.79 Å². The molecule has 0 saturated heterocycles. The molecule has 0 aliphatic heterocycles. The molecule has 92 valence electrons. The van der Waals surface area contributed by atoms with Crippen LogP contribution in [0.15, 0.2) is 18.2 Å². The summed E-state index contributed by atoms with van der Waals surface area (Å²) in [7, 11) is 1.27. The lowest BCUT2D eigenvalue weighted by Crippen LogP contribution is -2.34. The number of halogens is 2. The van der Waals surface area contributed by atoms with Crippen molar-refractivity contribution < 1.29 is 23.1 Å². The number of likely N-dealkylation sites (N-methyl/N-ethyl adjacent to an activating group) is 1. The molecule has 4 nitrogen and oxygen atoms in total. The van der Waals surface area contributed by atoms with Gasteiger partial charge in [0, 0.05) is 18.8 Å². The van der Waals surface area contributed by atoms with Crippen LogP contribution in [0, 0.1) is 11.6 Å². The Morgan fingerprint density at radius 1 is 1.29 bits per heavy atom. The quantitative estimate of drug-likeness (QED) is 0.584. The van der Waals surface area contributed by atoms with E-state index in [2.05, 4.69) is 4.74 Å². The molecule has 0 fully saturated rings. The molecule has 0 N–H and O–H groups in total. The molecule has 1 amide bonds. The summed E-state index contributed by atoms with van der Waals surface area (Å²) in [6, 6.07) is 2.89. The van der Waals surface area contributed by atoms with E-state index < -0.39 is 23.5 Å². The fraction of sp³-hybridized carbons (Fsp3) is 0.273. The molecule has 0 unspecified atom stereocenters. The molecular formula is C11H11F2NO3. The number of amides is 1. The van der Waals surface area contributed by atoms with Crippen LogP contribution >= 0.6 is 0 Å². The van der Waals surface area contributed by atoms with Crippen LogP contribution in [0.1, 0.15) is 6.92 Å². The summed E-state index contributed by atoms with van der Waals surface area (Å²) < 4.78 is 30.1. The Labute approximate surface area is 96.8 Å². The van der Waals surface area contributed by atoms with Crippen molar-refractivity contribution in [2.24, 2.45) is 0 Å². The number of benzene rings is 1. The SMILES string of the molecule is CCOC(=O)C(=O)N(C)c1ccc(F)c(F)c1. The van der Waals surface area contributed by atoms with Gasteiger partial charge in [-0.15, -0.1) is 0 Å². The zero-order valence-electron chi connectivity index (χ0n) is 9.37. The lowest BCUT2D eigenvalue weighted by molar-refractivity contribution is -0.153. The van der Waals surface area contributed by atoms with Crippen molar-refractivity contribution in [3.8, 4) is 0 Å². The molecule has 0 aromatic heterocycles. The lowest BCUT2D eigenvalue weighted by Gasteiger charge is -2.16. The van der Waals surface area contributed by atoms with E-state index >= 15 is 0 Å². The topological polar surface area (TPSA) is 46.6 Å². The maximum absolute atomic E-state index is 12.9. The van der Waals surface area contributed by atoms with Gasteiger partial charge in [0.15, 0.2) is 11.6 Å². The number of hydrogen-bond acceptors (Lipinski definition) is 3. The number of carbonyl (C=O) groups excluding carboxylic acids is 2. The van der Waals surface area contributed by atoms with E-state index in [1.165, 1.54) is 13.1 Å². The molecule has 17 heavy (non-hydrogen) atoms. The minimum atomic E-state index is -1.09. The highest BCUT2D eigenvalue weighted by atomic mass is 19.2. The molecule has 0 aliphatic rings. The first-order valence-electron chi connectivity index (χ1n) is 4.87. The van der Waals surface area contributed by atoms with Crippen LogP contribution in [0.3, 0.4) is 0 Å². The lowest BCUT2D eigenvalue weighted by atomic mass is 10.2. The Morgan fingerprint density at radius 2 is 1.94 bits per heavy atom. The first-order valence-corrected chi connectivity index (χ1v) is 4.87. The molecule has 0 radical (unpaired) electrons. The van der Waals surface area contributed by atoms with Crippen molar-refractivity contribution in [1.82, 2.24) is 0 Å². The fourth-order valence-corrected chi connectivity index (χ4v) is 1.14. The van der Waals surface area contributed by atoms with Crippen molar-refractivity contribution in [3.05, 3.63) is 29.8 Å². The van der Waals surface area contributed by atoms with Gasteiger partial charge in [0.2, 0.25) is 0 Å². The van der Waals surface area contributed by atoms with Gasteiger partial charge in [-0.05, 0) is 19.1 Å². The van der Waals surface area contributed by atoms with E-state index in [0.29, 0.717) is 0 Å². The summed E-state index contributed by atoms with van der Waals surface area (Å²) in [6.07, 6.45) is 0. The van der Waals surface area contributed by atoms with Crippen molar-refractivity contribution in [1.29, 1.82) is 0 Å². The van der Waals surface area contributed by atoms with Crippen molar-refractivity contribution in [2.45, 2.75) is 6.92 Å². The zero-order chi connectivity index (χ0) is 13.0. The van der Waals surface area contributed by atoms with Gasteiger partial charge in [0.25, 0.3) is 0 Å².